The quantitative estimate of drug-likeness (QED) is 0.885. The number of benzene rings is 1. The molecule has 5 heteroatoms. The molecule has 102 valence electrons. The summed E-state index contributed by atoms with van der Waals surface area (Å²) in [6.07, 6.45) is 3.47. The van der Waals surface area contributed by atoms with E-state index < -0.39 is 0 Å². The molecule has 2 N–H and O–H groups in total. The summed E-state index contributed by atoms with van der Waals surface area (Å²) in [5.41, 5.74) is 7.06. The van der Waals surface area contributed by atoms with Gasteiger partial charge in [0.15, 0.2) is 0 Å². The van der Waals surface area contributed by atoms with Crippen molar-refractivity contribution in [2.45, 2.75) is 32.4 Å². The molecule has 1 atom stereocenters. The van der Waals surface area contributed by atoms with E-state index in [1.165, 1.54) is 0 Å². The smallest absolute Gasteiger partial charge is 0.140 e. The maximum absolute atomic E-state index is 6.04. The molecule has 1 heterocycles. The van der Waals surface area contributed by atoms with E-state index in [0.29, 0.717) is 11.6 Å². The summed E-state index contributed by atoms with van der Waals surface area (Å²) < 4.78 is 5.82. The molecule has 0 amide bonds. The van der Waals surface area contributed by atoms with Crippen LogP contribution in [0.15, 0.2) is 29.8 Å². The average Bonchev–Trinajstić information content (AvgIpc) is 2.91. The van der Waals surface area contributed by atoms with Gasteiger partial charge in [-0.25, -0.2) is 4.98 Å². The van der Waals surface area contributed by atoms with E-state index >= 15 is 0 Å². The van der Waals surface area contributed by atoms with Crippen LogP contribution in [0, 0.1) is 0 Å². The summed E-state index contributed by atoms with van der Waals surface area (Å²) in [6.45, 7) is 2.55. The van der Waals surface area contributed by atoms with Gasteiger partial charge in [-0.3, -0.25) is 0 Å². The molecule has 0 aliphatic carbocycles. The zero-order chi connectivity index (χ0) is 13.7. The van der Waals surface area contributed by atoms with E-state index in [2.05, 4.69) is 11.9 Å². The average molecular weight is 297 g/mol. The predicted octanol–water partition coefficient (Wildman–Crippen LogP) is 3.66. The van der Waals surface area contributed by atoms with Crippen LogP contribution in [0.3, 0.4) is 0 Å². The summed E-state index contributed by atoms with van der Waals surface area (Å²) in [5.74, 6) is 0.837. The number of halogens is 1. The van der Waals surface area contributed by atoms with Crippen LogP contribution in [0.2, 0.25) is 5.02 Å². The molecule has 0 aliphatic rings. The topological polar surface area (TPSA) is 48.1 Å². The second-order valence-corrected chi connectivity index (χ2v) is 5.75. The van der Waals surface area contributed by atoms with Crippen molar-refractivity contribution < 1.29 is 4.74 Å². The predicted molar refractivity (Wildman–Crippen MR) is 79.9 cm³/mol. The third-order valence-electron chi connectivity index (χ3n) is 2.86. The molecule has 0 fully saturated rings. The fourth-order valence-corrected chi connectivity index (χ4v) is 2.46. The van der Waals surface area contributed by atoms with Crippen LogP contribution in [0.1, 0.15) is 23.9 Å². The van der Waals surface area contributed by atoms with Gasteiger partial charge in [0.1, 0.15) is 17.4 Å². The minimum absolute atomic E-state index is 0.126. The molecule has 0 saturated heterocycles. The maximum atomic E-state index is 6.04. The minimum atomic E-state index is 0.126. The Morgan fingerprint density at radius 1 is 1.47 bits per heavy atom. The fraction of sp³-hybridized carbons (Fsp3) is 0.357. The van der Waals surface area contributed by atoms with Gasteiger partial charge in [-0.2, -0.15) is 0 Å². The molecular formula is C14H17ClN2OS. The van der Waals surface area contributed by atoms with Crippen molar-refractivity contribution in [2.24, 2.45) is 5.73 Å². The molecule has 3 nitrogen and oxygen atoms in total. The standard InChI is InChI=1S/C14H17ClN2OS/c1-2-12(16)8-10-7-11(15)3-4-13(10)18-9-14-17-5-6-19-14/h3-7,12H,2,8-9,16H2,1H3. The Balaban J connectivity index is 2.09. The number of rotatable bonds is 6. The minimum Gasteiger partial charge on any atom is -0.486 e. The van der Waals surface area contributed by atoms with Crippen LogP contribution in [-0.2, 0) is 13.0 Å². The Morgan fingerprint density at radius 2 is 2.32 bits per heavy atom. The van der Waals surface area contributed by atoms with Gasteiger partial charge >= 0.3 is 0 Å². The molecule has 0 aliphatic heterocycles. The summed E-state index contributed by atoms with van der Waals surface area (Å²) >= 11 is 7.62. The molecule has 0 bridgehead atoms. The van der Waals surface area contributed by atoms with Crippen LogP contribution >= 0.6 is 22.9 Å². The Hall–Kier alpha value is -1.10. The highest BCUT2D eigenvalue weighted by Crippen LogP contribution is 2.25. The molecule has 0 spiro atoms. The van der Waals surface area contributed by atoms with Crippen molar-refractivity contribution in [3.63, 3.8) is 0 Å². The van der Waals surface area contributed by atoms with E-state index in [1.54, 1.807) is 17.5 Å². The van der Waals surface area contributed by atoms with Crippen LogP contribution < -0.4 is 10.5 Å². The number of aromatic nitrogens is 1. The fourth-order valence-electron chi connectivity index (χ4n) is 1.74. The lowest BCUT2D eigenvalue weighted by Crippen LogP contribution is -2.21. The molecule has 1 unspecified atom stereocenters. The van der Waals surface area contributed by atoms with Gasteiger partial charge < -0.3 is 10.5 Å². The van der Waals surface area contributed by atoms with Crippen LogP contribution in [-0.4, -0.2) is 11.0 Å². The van der Waals surface area contributed by atoms with Gasteiger partial charge in [0, 0.05) is 22.6 Å². The zero-order valence-corrected chi connectivity index (χ0v) is 12.4. The van der Waals surface area contributed by atoms with Crippen molar-refractivity contribution in [1.82, 2.24) is 4.98 Å². The molecule has 0 saturated carbocycles. The van der Waals surface area contributed by atoms with E-state index in [1.807, 2.05) is 23.6 Å². The molecule has 19 heavy (non-hydrogen) atoms. The SMILES string of the molecule is CCC(N)Cc1cc(Cl)ccc1OCc1nccs1. The number of hydrogen-bond donors (Lipinski definition) is 1. The lowest BCUT2D eigenvalue weighted by Gasteiger charge is -2.14. The van der Waals surface area contributed by atoms with Crippen LogP contribution in [0.5, 0.6) is 5.75 Å². The highest BCUT2D eigenvalue weighted by Gasteiger charge is 2.09. The number of nitrogens with zero attached hydrogens (tertiary/aromatic N) is 1. The highest BCUT2D eigenvalue weighted by molar-refractivity contribution is 7.09. The Kier molecular flexibility index (Phi) is 5.19. The van der Waals surface area contributed by atoms with E-state index in [0.717, 1.165) is 29.2 Å². The summed E-state index contributed by atoms with van der Waals surface area (Å²) in [4.78, 5) is 4.20. The molecule has 2 rings (SSSR count). The van der Waals surface area contributed by atoms with Gasteiger partial charge in [-0.1, -0.05) is 18.5 Å². The molecule has 1 aromatic carbocycles. The lowest BCUT2D eigenvalue weighted by molar-refractivity contribution is 0.301. The lowest BCUT2D eigenvalue weighted by atomic mass is 10.0. The second-order valence-electron chi connectivity index (χ2n) is 4.34. The number of hydrogen-bond acceptors (Lipinski definition) is 4. The van der Waals surface area contributed by atoms with Gasteiger partial charge in [-0.15, -0.1) is 11.3 Å². The number of nitrogens with two attached hydrogens (primary N) is 1. The molecule has 1 aromatic heterocycles. The van der Waals surface area contributed by atoms with Gasteiger partial charge in [-0.05, 0) is 36.6 Å². The third kappa shape index (κ3) is 4.20. The van der Waals surface area contributed by atoms with E-state index in [-0.39, 0.29) is 6.04 Å². The molecule has 2 aromatic rings. The van der Waals surface area contributed by atoms with Crippen molar-refractivity contribution >= 4 is 22.9 Å². The van der Waals surface area contributed by atoms with Crippen molar-refractivity contribution in [2.75, 3.05) is 0 Å². The second kappa shape index (κ2) is 6.89. The maximum Gasteiger partial charge on any atom is 0.140 e. The summed E-state index contributed by atoms with van der Waals surface area (Å²) in [6, 6.07) is 5.78. The van der Waals surface area contributed by atoms with Crippen LogP contribution in [0.4, 0.5) is 0 Å². The zero-order valence-electron chi connectivity index (χ0n) is 10.8. The first-order valence-electron chi connectivity index (χ1n) is 6.24. The first-order chi connectivity index (χ1) is 9.19. The van der Waals surface area contributed by atoms with E-state index in [4.69, 9.17) is 22.1 Å². The first-order valence-corrected chi connectivity index (χ1v) is 7.50. The van der Waals surface area contributed by atoms with Crippen molar-refractivity contribution in [3.05, 3.63) is 45.4 Å². The van der Waals surface area contributed by atoms with Crippen LogP contribution in [0.25, 0.3) is 0 Å². The first kappa shape index (κ1) is 14.3. The summed E-state index contributed by atoms with van der Waals surface area (Å²) in [7, 11) is 0. The third-order valence-corrected chi connectivity index (χ3v) is 3.85. The van der Waals surface area contributed by atoms with Gasteiger partial charge in [0.05, 0.1) is 0 Å². The Bertz CT molecular complexity index is 516. The summed E-state index contributed by atoms with van der Waals surface area (Å²) in [5, 5.41) is 3.61. The Morgan fingerprint density at radius 3 is 3.00 bits per heavy atom. The number of ether oxygens (including phenoxy) is 1. The van der Waals surface area contributed by atoms with Crippen molar-refractivity contribution in [1.29, 1.82) is 0 Å². The molecule has 0 radical (unpaired) electrons. The number of thiazole rings is 1. The Labute approximate surface area is 122 Å². The van der Waals surface area contributed by atoms with Gasteiger partial charge in [0.25, 0.3) is 0 Å². The normalized spacial score (nSPS) is 12.4. The van der Waals surface area contributed by atoms with Crippen molar-refractivity contribution in [3.8, 4) is 5.75 Å². The molecular weight excluding hydrogens is 280 g/mol. The van der Waals surface area contributed by atoms with Gasteiger partial charge in [0.2, 0.25) is 0 Å². The highest BCUT2D eigenvalue weighted by atomic mass is 35.5. The van der Waals surface area contributed by atoms with E-state index in [9.17, 15) is 0 Å². The monoisotopic (exact) mass is 296 g/mol. The largest absolute Gasteiger partial charge is 0.486 e.